The summed E-state index contributed by atoms with van der Waals surface area (Å²) in [5.41, 5.74) is 0.667. The van der Waals surface area contributed by atoms with E-state index in [0.29, 0.717) is 12.0 Å². The first kappa shape index (κ1) is 11.9. The molecule has 0 aliphatic heterocycles. The molecule has 0 aromatic heterocycles. The van der Waals surface area contributed by atoms with E-state index < -0.39 is 11.6 Å². The fourth-order valence-corrected chi connectivity index (χ4v) is 1.56. The summed E-state index contributed by atoms with van der Waals surface area (Å²) in [6.07, 6.45) is 3.24. The van der Waals surface area contributed by atoms with Gasteiger partial charge in [-0.05, 0) is 62.4 Å². The second-order valence-electron chi connectivity index (χ2n) is 2.81. The van der Waals surface area contributed by atoms with Crippen LogP contribution in [0.3, 0.4) is 0 Å². The van der Waals surface area contributed by atoms with Crippen LogP contribution in [0.1, 0.15) is 12.0 Å². The molecule has 0 fully saturated rings. The van der Waals surface area contributed by atoms with E-state index in [1.165, 1.54) is 12.1 Å². The molecule has 0 aliphatic carbocycles. The smallest absolute Gasteiger partial charge is 0.126 e. The van der Waals surface area contributed by atoms with Crippen LogP contribution in [0.25, 0.3) is 0 Å². The van der Waals surface area contributed by atoms with Gasteiger partial charge in [-0.15, -0.1) is 0 Å². The number of hydrogen-bond donors (Lipinski definition) is 0. The van der Waals surface area contributed by atoms with E-state index >= 15 is 0 Å². The molecule has 0 aliphatic rings. The molecule has 1 aromatic rings. The van der Waals surface area contributed by atoms with Crippen molar-refractivity contribution in [1.29, 1.82) is 0 Å². The normalized spacial score (nSPS) is 10.0. The van der Waals surface area contributed by atoms with Crippen molar-refractivity contribution >= 4 is 31.9 Å². The lowest BCUT2D eigenvalue weighted by atomic mass is 10.1. The van der Waals surface area contributed by atoms with Gasteiger partial charge in [0.15, 0.2) is 0 Å². The van der Waals surface area contributed by atoms with Crippen LogP contribution in [-0.2, 0) is 6.42 Å². The van der Waals surface area contributed by atoms with Crippen molar-refractivity contribution in [3.63, 3.8) is 0 Å². The third kappa shape index (κ3) is 4.33. The maximum atomic E-state index is 12.7. The quantitative estimate of drug-likeness (QED) is 0.766. The predicted octanol–water partition coefficient (Wildman–Crippen LogP) is 4.53. The molecule has 0 radical (unpaired) electrons. The summed E-state index contributed by atoms with van der Waals surface area (Å²) in [4.78, 5) is 0. The van der Waals surface area contributed by atoms with Gasteiger partial charge in [0.1, 0.15) is 11.6 Å². The summed E-state index contributed by atoms with van der Waals surface area (Å²) < 4.78 is 26.3. The topological polar surface area (TPSA) is 0 Å². The fraction of sp³-hybridized carbons (Fsp3) is 0.200. The van der Waals surface area contributed by atoms with Crippen molar-refractivity contribution in [3.05, 3.63) is 44.9 Å². The lowest BCUT2D eigenvalue weighted by Crippen LogP contribution is -1.88. The Morgan fingerprint density at radius 3 is 2.21 bits per heavy atom. The Hall–Kier alpha value is -0.220. The van der Waals surface area contributed by atoms with Crippen LogP contribution in [-0.4, -0.2) is 0 Å². The van der Waals surface area contributed by atoms with Gasteiger partial charge in [-0.25, -0.2) is 8.78 Å². The Labute approximate surface area is 98.3 Å². The molecule has 1 aromatic carbocycles. The first-order chi connectivity index (χ1) is 6.58. The van der Waals surface area contributed by atoms with Gasteiger partial charge in [0.25, 0.3) is 0 Å². The standard InChI is InChI=1S/C10H8Br2F2/c11-10(12)3-1-2-7-4-8(13)6-9(14)5-7/h3-6H,1-2H2. The molecule has 4 heteroatoms. The highest BCUT2D eigenvalue weighted by Gasteiger charge is 1.99. The first-order valence-electron chi connectivity index (χ1n) is 4.04. The second kappa shape index (κ2) is 5.61. The number of allylic oxidation sites excluding steroid dienone is 1. The van der Waals surface area contributed by atoms with Crippen LogP contribution in [0.2, 0.25) is 0 Å². The van der Waals surface area contributed by atoms with Gasteiger partial charge < -0.3 is 0 Å². The van der Waals surface area contributed by atoms with Gasteiger partial charge in [-0.1, -0.05) is 6.08 Å². The Morgan fingerprint density at radius 1 is 1.14 bits per heavy atom. The molecule has 0 unspecified atom stereocenters. The Balaban J connectivity index is 2.63. The average Bonchev–Trinajstić information content (AvgIpc) is 2.01. The van der Waals surface area contributed by atoms with Gasteiger partial charge in [0.05, 0.1) is 3.39 Å². The minimum atomic E-state index is -0.526. The predicted molar refractivity (Wildman–Crippen MR) is 60.6 cm³/mol. The number of rotatable bonds is 3. The summed E-state index contributed by atoms with van der Waals surface area (Å²) in [6, 6.07) is 3.57. The molecule has 0 bridgehead atoms. The highest BCUT2D eigenvalue weighted by Crippen LogP contribution is 2.16. The van der Waals surface area contributed by atoms with Crippen molar-refractivity contribution in [3.8, 4) is 0 Å². The molecule has 0 saturated carbocycles. The van der Waals surface area contributed by atoms with E-state index in [4.69, 9.17) is 0 Å². The lowest BCUT2D eigenvalue weighted by Gasteiger charge is -1.99. The first-order valence-corrected chi connectivity index (χ1v) is 5.62. The largest absolute Gasteiger partial charge is 0.207 e. The molecular formula is C10H8Br2F2. The molecule has 0 amide bonds. The summed E-state index contributed by atoms with van der Waals surface area (Å²) >= 11 is 6.41. The minimum absolute atomic E-state index is 0.526. The van der Waals surface area contributed by atoms with Gasteiger partial charge in [0, 0.05) is 6.07 Å². The zero-order valence-corrected chi connectivity index (χ0v) is 10.4. The summed E-state index contributed by atoms with van der Waals surface area (Å²) in [5, 5.41) is 0. The highest BCUT2D eigenvalue weighted by molar-refractivity contribution is 9.28. The Morgan fingerprint density at radius 2 is 1.71 bits per heavy atom. The number of benzene rings is 1. The maximum absolute atomic E-state index is 12.7. The molecule has 0 N–H and O–H groups in total. The number of aryl methyl sites for hydroxylation is 1. The van der Waals surface area contributed by atoms with Crippen LogP contribution >= 0.6 is 31.9 Å². The van der Waals surface area contributed by atoms with Crippen molar-refractivity contribution < 1.29 is 8.78 Å². The molecule has 0 heterocycles. The Bertz CT molecular complexity index is 324. The van der Waals surface area contributed by atoms with Gasteiger partial charge in [-0.3, -0.25) is 0 Å². The second-order valence-corrected chi connectivity index (χ2v) is 5.58. The fourth-order valence-electron chi connectivity index (χ4n) is 1.10. The minimum Gasteiger partial charge on any atom is -0.207 e. The lowest BCUT2D eigenvalue weighted by molar-refractivity contribution is 0.579. The zero-order chi connectivity index (χ0) is 10.6. The van der Waals surface area contributed by atoms with Crippen LogP contribution in [0.15, 0.2) is 27.7 Å². The molecule has 14 heavy (non-hydrogen) atoms. The number of hydrogen-bond acceptors (Lipinski definition) is 0. The van der Waals surface area contributed by atoms with Crippen LogP contribution in [0.4, 0.5) is 8.78 Å². The Kier molecular flexibility index (Phi) is 4.75. The monoisotopic (exact) mass is 324 g/mol. The molecule has 0 atom stereocenters. The van der Waals surface area contributed by atoms with E-state index in [1.54, 1.807) is 0 Å². The van der Waals surface area contributed by atoms with E-state index in [0.717, 1.165) is 15.9 Å². The van der Waals surface area contributed by atoms with E-state index in [9.17, 15) is 8.78 Å². The SMILES string of the molecule is Fc1cc(F)cc(CCC=C(Br)Br)c1. The molecule has 0 spiro atoms. The van der Waals surface area contributed by atoms with Crippen LogP contribution in [0, 0.1) is 11.6 Å². The third-order valence-electron chi connectivity index (χ3n) is 1.65. The van der Waals surface area contributed by atoms with E-state index in [1.807, 2.05) is 6.08 Å². The average molecular weight is 326 g/mol. The van der Waals surface area contributed by atoms with Crippen LogP contribution in [0.5, 0.6) is 0 Å². The highest BCUT2D eigenvalue weighted by atomic mass is 79.9. The van der Waals surface area contributed by atoms with E-state index in [2.05, 4.69) is 31.9 Å². The van der Waals surface area contributed by atoms with Crippen molar-refractivity contribution in [2.24, 2.45) is 0 Å². The summed E-state index contributed by atoms with van der Waals surface area (Å²) in [7, 11) is 0. The molecule has 0 saturated heterocycles. The molecule has 1 rings (SSSR count). The van der Waals surface area contributed by atoms with Gasteiger partial charge in [0.2, 0.25) is 0 Å². The van der Waals surface area contributed by atoms with Gasteiger partial charge >= 0.3 is 0 Å². The molecule has 0 nitrogen and oxygen atoms in total. The van der Waals surface area contributed by atoms with Gasteiger partial charge in [-0.2, -0.15) is 0 Å². The van der Waals surface area contributed by atoms with Crippen molar-refractivity contribution in [1.82, 2.24) is 0 Å². The summed E-state index contributed by atoms with van der Waals surface area (Å²) in [6.45, 7) is 0. The third-order valence-corrected chi connectivity index (χ3v) is 2.30. The van der Waals surface area contributed by atoms with Crippen molar-refractivity contribution in [2.45, 2.75) is 12.8 Å². The zero-order valence-electron chi connectivity index (χ0n) is 7.24. The van der Waals surface area contributed by atoms with E-state index in [-0.39, 0.29) is 0 Å². The summed E-state index contributed by atoms with van der Waals surface area (Å²) in [5.74, 6) is -1.05. The molecule has 76 valence electrons. The van der Waals surface area contributed by atoms with Crippen molar-refractivity contribution in [2.75, 3.05) is 0 Å². The van der Waals surface area contributed by atoms with Crippen LogP contribution < -0.4 is 0 Å². The molecular weight excluding hydrogens is 318 g/mol. The number of halogens is 4. The maximum Gasteiger partial charge on any atom is 0.126 e.